The summed E-state index contributed by atoms with van der Waals surface area (Å²) >= 11 is 0. The number of fused-ring (bicyclic) bond motifs is 1. The minimum absolute atomic E-state index is 0.136. The number of rotatable bonds is 5. The SMILES string of the molecule is CC(c1ccccc1F)N(C(=O)/C=C/c1cnc2ccccc2n1)C1CC1. The Bertz CT molecular complexity index is 1010. The second kappa shape index (κ2) is 7.27. The minimum atomic E-state index is -0.321. The highest BCUT2D eigenvalue weighted by Crippen LogP contribution is 2.35. The third-order valence-corrected chi connectivity index (χ3v) is 4.83. The molecule has 4 rings (SSSR count). The second-order valence-electron chi connectivity index (χ2n) is 6.79. The molecule has 1 unspecified atom stereocenters. The van der Waals surface area contributed by atoms with E-state index < -0.39 is 0 Å². The molecule has 27 heavy (non-hydrogen) atoms. The van der Waals surface area contributed by atoms with Crippen LogP contribution in [0.3, 0.4) is 0 Å². The number of amides is 1. The topological polar surface area (TPSA) is 46.1 Å². The lowest BCUT2D eigenvalue weighted by molar-refractivity contribution is -0.128. The number of hydrogen-bond acceptors (Lipinski definition) is 3. The molecule has 2 aromatic carbocycles. The predicted molar refractivity (Wildman–Crippen MR) is 103 cm³/mol. The van der Waals surface area contributed by atoms with Gasteiger partial charge in [0.25, 0.3) is 0 Å². The highest BCUT2D eigenvalue weighted by Gasteiger charge is 2.36. The average molecular weight is 361 g/mol. The largest absolute Gasteiger partial charge is 0.329 e. The van der Waals surface area contributed by atoms with Crippen molar-refractivity contribution in [1.29, 1.82) is 0 Å². The summed E-state index contributed by atoms with van der Waals surface area (Å²) < 4.78 is 14.2. The van der Waals surface area contributed by atoms with Gasteiger partial charge in [0.1, 0.15) is 5.82 Å². The highest BCUT2D eigenvalue weighted by molar-refractivity contribution is 5.92. The Morgan fingerprint density at radius 2 is 1.85 bits per heavy atom. The van der Waals surface area contributed by atoms with E-state index >= 15 is 0 Å². The second-order valence-corrected chi connectivity index (χ2v) is 6.79. The Morgan fingerprint density at radius 3 is 2.59 bits per heavy atom. The Labute approximate surface area is 157 Å². The van der Waals surface area contributed by atoms with Gasteiger partial charge >= 0.3 is 0 Å². The van der Waals surface area contributed by atoms with Gasteiger partial charge in [0.15, 0.2) is 0 Å². The summed E-state index contributed by atoms with van der Waals surface area (Å²) in [6.07, 6.45) is 6.73. The van der Waals surface area contributed by atoms with E-state index in [1.807, 2.05) is 31.2 Å². The lowest BCUT2D eigenvalue weighted by Crippen LogP contribution is -2.34. The molecular weight excluding hydrogens is 341 g/mol. The van der Waals surface area contributed by atoms with Crippen LogP contribution in [0, 0.1) is 5.82 Å². The molecule has 0 saturated heterocycles. The Morgan fingerprint density at radius 1 is 1.15 bits per heavy atom. The molecule has 5 heteroatoms. The van der Waals surface area contributed by atoms with Gasteiger partial charge in [0, 0.05) is 17.7 Å². The van der Waals surface area contributed by atoms with Gasteiger partial charge in [-0.2, -0.15) is 0 Å². The molecule has 1 atom stereocenters. The number of hydrogen-bond donors (Lipinski definition) is 0. The first-order valence-corrected chi connectivity index (χ1v) is 9.10. The van der Waals surface area contributed by atoms with Crippen molar-refractivity contribution in [2.45, 2.75) is 31.8 Å². The average Bonchev–Trinajstić information content (AvgIpc) is 3.51. The van der Waals surface area contributed by atoms with Crippen molar-refractivity contribution >= 4 is 23.0 Å². The van der Waals surface area contributed by atoms with Gasteiger partial charge in [-0.1, -0.05) is 30.3 Å². The van der Waals surface area contributed by atoms with Crippen LogP contribution >= 0.6 is 0 Å². The van der Waals surface area contributed by atoms with Crippen LogP contribution in [0.25, 0.3) is 17.1 Å². The number of benzene rings is 2. The number of aromatic nitrogens is 2. The molecule has 1 aromatic heterocycles. The summed E-state index contributed by atoms with van der Waals surface area (Å²) in [6, 6.07) is 14.1. The van der Waals surface area contributed by atoms with Gasteiger partial charge in [-0.05, 0) is 44.0 Å². The molecule has 0 N–H and O–H groups in total. The van der Waals surface area contributed by atoms with E-state index in [0.29, 0.717) is 11.3 Å². The number of para-hydroxylation sites is 2. The first kappa shape index (κ1) is 17.3. The molecule has 1 saturated carbocycles. The lowest BCUT2D eigenvalue weighted by Gasteiger charge is -2.29. The van der Waals surface area contributed by atoms with Crippen molar-refractivity contribution in [3.05, 3.63) is 77.9 Å². The zero-order valence-electron chi connectivity index (χ0n) is 15.0. The molecule has 0 aliphatic heterocycles. The van der Waals surface area contributed by atoms with Crippen LogP contribution in [0.1, 0.15) is 37.1 Å². The third kappa shape index (κ3) is 3.72. The van der Waals surface area contributed by atoms with E-state index in [1.165, 1.54) is 12.1 Å². The monoisotopic (exact) mass is 361 g/mol. The summed E-state index contributed by atoms with van der Waals surface area (Å²) in [6.45, 7) is 1.87. The van der Waals surface area contributed by atoms with Crippen molar-refractivity contribution in [2.75, 3.05) is 0 Å². The number of carbonyl (C=O) groups is 1. The first-order chi connectivity index (χ1) is 13.1. The van der Waals surface area contributed by atoms with Crippen LogP contribution in [0.15, 0.2) is 60.8 Å². The molecule has 136 valence electrons. The molecule has 1 fully saturated rings. The highest BCUT2D eigenvalue weighted by atomic mass is 19.1. The Balaban J connectivity index is 1.57. The maximum atomic E-state index is 14.2. The van der Waals surface area contributed by atoms with E-state index in [0.717, 1.165) is 23.9 Å². The van der Waals surface area contributed by atoms with Gasteiger partial charge in [-0.15, -0.1) is 0 Å². The van der Waals surface area contributed by atoms with E-state index in [1.54, 1.807) is 35.4 Å². The standard InChI is InChI=1S/C22H20FN3O/c1-15(18-6-2-3-7-19(18)23)26(17-11-12-17)22(27)13-10-16-14-24-20-8-4-5-9-21(20)25-16/h2-10,13-15,17H,11-12H2,1H3/b13-10+. The van der Waals surface area contributed by atoms with Crippen LogP contribution in [0.2, 0.25) is 0 Å². The molecule has 0 radical (unpaired) electrons. The number of carbonyl (C=O) groups excluding carboxylic acids is 1. The molecule has 1 aliphatic carbocycles. The van der Waals surface area contributed by atoms with Gasteiger partial charge < -0.3 is 4.90 Å². The van der Waals surface area contributed by atoms with E-state index in [2.05, 4.69) is 9.97 Å². The molecule has 1 aliphatic rings. The van der Waals surface area contributed by atoms with Gasteiger partial charge in [0.05, 0.1) is 29.0 Å². The summed E-state index contributed by atoms with van der Waals surface area (Å²) in [4.78, 5) is 23.5. The minimum Gasteiger partial charge on any atom is -0.329 e. The fourth-order valence-electron chi connectivity index (χ4n) is 3.30. The number of nitrogens with zero attached hydrogens (tertiary/aromatic N) is 3. The van der Waals surface area contributed by atoms with Crippen molar-refractivity contribution < 1.29 is 9.18 Å². The van der Waals surface area contributed by atoms with Crippen LogP contribution in [-0.2, 0) is 4.79 Å². The van der Waals surface area contributed by atoms with Crippen LogP contribution in [-0.4, -0.2) is 26.8 Å². The summed E-state index contributed by atoms with van der Waals surface area (Å²) in [5.74, 6) is -0.420. The van der Waals surface area contributed by atoms with E-state index in [9.17, 15) is 9.18 Å². The summed E-state index contributed by atoms with van der Waals surface area (Å²) in [5, 5.41) is 0. The summed E-state index contributed by atoms with van der Waals surface area (Å²) in [7, 11) is 0. The van der Waals surface area contributed by atoms with Crippen molar-refractivity contribution in [1.82, 2.24) is 14.9 Å². The summed E-state index contributed by atoms with van der Waals surface area (Å²) in [5.41, 5.74) is 2.76. The molecule has 1 heterocycles. The zero-order valence-corrected chi connectivity index (χ0v) is 15.0. The lowest BCUT2D eigenvalue weighted by atomic mass is 10.1. The first-order valence-electron chi connectivity index (χ1n) is 9.10. The van der Waals surface area contributed by atoms with Gasteiger partial charge in [-0.3, -0.25) is 9.78 Å². The predicted octanol–water partition coefficient (Wildman–Crippen LogP) is 4.53. The fourth-order valence-corrected chi connectivity index (χ4v) is 3.30. The van der Waals surface area contributed by atoms with Gasteiger partial charge in [-0.25, -0.2) is 9.37 Å². The molecule has 1 amide bonds. The maximum absolute atomic E-state index is 14.2. The van der Waals surface area contributed by atoms with Crippen LogP contribution in [0.5, 0.6) is 0 Å². The van der Waals surface area contributed by atoms with E-state index in [-0.39, 0.29) is 23.8 Å². The smallest absolute Gasteiger partial charge is 0.247 e. The molecule has 0 spiro atoms. The molecular formula is C22H20FN3O. The van der Waals surface area contributed by atoms with Crippen LogP contribution < -0.4 is 0 Å². The van der Waals surface area contributed by atoms with Crippen molar-refractivity contribution in [3.8, 4) is 0 Å². The number of halogens is 1. The van der Waals surface area contributed by atoms with Gasteiger partial charge in [0.2, 0.25) is 5.91 Å². The third-order valence-electron chi connectivity index (χ3n) is 4.83. The van der Waals surface area contributed by atoms with Crippen LogP contribution in [0.4, 0.5) is 4.39 Å². The van der Waals surface area contributed by atoms with Crippen molar-refractivity contribution in [3.63, 3.8) is 0 Å². The molecule has 3 aromatic rings. The Kier molecular flexibility index (Phi) is 4.67. The van der Waals surface area contributed by atoms with E-state index in [4.69, 9.17) is 0 Å². The van der Waals surface area contributed by atoms with Crippen molar-refractivity contribution in [2.24, 2.45) is 0 Å². The normalized spacial score (nSPS) is 15.2. The zero-order chi connectivity index (χ0) is 18.8. The molecule has 4 nitrogen and oxygen atoms in total. The quantitative estimate of drug-likeness (QED) is 0.627. The Hall–Kier alpha value is -3.08. The maximum Gasteiger partial charge on any atom is 0.247 e. The molecule has 0 bridgehead atoms. The fraction of sp³-hybridized carbons (Fsp3) is 0.227.